The molecule has 1 amide bonds. The SMILES string of the molecule is Cc1cc(N2CCN(C(=O)CCCl)CC2)nc2ccccc12. The highest BCUT2D eigenvalue weighted by Crippen LogP contribution is 2.23. The number of para-hydroxylation sites is 1. The molecule has 5 heteroatoms. The number of pyridine rings is 1. The van der Waals surface area contributed by atoms with Crippen LogP contribution in [0, 0.1) is 6.92 Å². The van der Waals surface area contributed by atoms with Crippen LogP contribution < -0.4 is 4.90 Å². The zero-order valence-corrected chi connectivity index (χ0v) is 13.5. The van der Waals surface area contributed by atoms with Crippen molar-refractivity contribution in [3.63, 3.8) is 0 Å². The summed E-state index contributed by atoms with van der Waals surface area (Å²) in [5.74, 6) is 1.54. The Balaban J connectivity index is 1.75. The van der Waals surface area contributed by atoms with E-state index in [0.717, 1.165) is 37.5 Å². The van der Waals surface area contributed by atoms with Crippen LogP contribution in [0.15, 0.2) is 30.3 Å². The van der Waals surface area contributed by atoms with Crippen molar-refractivity contribution in [2.45, 2.75) is 13.3 Å². The number of carbonyl (C=O) groups is 1. The van der Waals surface area contributed by atoms with E-state index in [1.165, 1.54) is 10.9 Å². The molecule has 4 nitrogen and oxygen atoms in total. The van der Waals surface area contributed by atoms with Crippen molar-refractivity contribution in [1.82, 2.24) is 9.88 Å². The lowest BCUT2D eigenvalue weighted by molar-refractivity contribution is -0.131. The zero-order valence-electron chi connectivity index (χ0n) is 12.8. The molecule has 1 fully saturated rings. The number of benzene rings is 1. The summed E-state index contributed by atoms with van der Waals surface area (Å²) in [6.45, 7) is 5.23. The second-order valence-corrected chi connectivity index (χ2v) is 6.00. The van der Waals surface area contributed by atoms with E-state index in [0.29, 0.717) is 12.3 Å². The Bertz CT molecular complexity index is 681. The number of fused-ring (bicyclic) bond motifs is 1. The summed E-state index contributed by atoms with van der Waals surface area (Å²) in [7, 11) is 0. The number of hydrogen-bond donors (Lipinski definition) is 0. The molecule has 0 radical (unpaired) electrons. The number of carbonyl (C=O) groups excluding carboxylic acids is 1. The lowest BCUT2D eigenvalue weighted by atomic mass is 10.1. The molecule has 1 aliphatic rings. The number of anilines is 1. The molecule has 0 aliphatic carbocycles. The number of alkyl halides is 1. The van der Waals surface area contributed by atoms with E-state index in [9.17, 15) is 4.79 Å². The second-order valence-electron chi connectivity index (χ2n) is 5.62. The van der Waals surface area contributed by atoms with Crippen LogP contribution in [0.1, 0.15) is 12.0 Å². The van der Waals surface area contributed by atoms with E-state index in [1.807, 2.05) is 23.1 Å². The molecule has 0 bridgehead atoms. The van der Waals surface area contributed by atoms with Gasteiger partial charge in [0.05, 0.1) is 5.52 Å². The molecule has 22 heavy (non-hydrogen) atoms. The Morgan fingerprint density at radius 2 is 1.95 bits per heavy atom. The number of piperazine rings is 1. The van der Waals surface area contributed by atoms with E-state index in [2.05, 4.69) is 24.0 Å². The minimum absolute atomic E-state index is 0.150. The summed E-state index contributed by atoms with van der Waals surface area (Å²) >= 11 is 5.65. The molecule has 2 aromatic rings. The third-order valence-corrected chi connectivity index (χ3v) is 4.36. The Morgan fingerprint density at radius 1 is 1.23 bits per heavy atom. The number of aromatic nitrogens is 1. The van der Waals surface area contributed by atoms with Crippen molar-refractivity contribution in [2.75, 3.05) is 37.0 Å². The number of hydrogen-bond acceptors (Lipinski definition) is 3. The van der Waals surface area contributed by atoms with Gasteiger partial charge >= 0.3 is 0 Å². The van der Waals surface area contributed by atoms with Gasteiger partial charge in [0.1, 0.15) is 5.82 Å². The quantitative estimate of drug-likeness (QED) is 0.817. The molecule has 116 valence electrons. The molecule has 0 unspecified atom stereocenters. The predicted octanol–water partition coefficient (Wildman–Crippen LogP) is 2.82. The Labute approximate surface area is 135 Å². The van der Waals surface area contributed by atoms with Crippen molar-refractivity contribution in [1.29, 1.82) is 0 Å². The fourth-order valence-corrected chi connectivity index (χ4v) is 3.08. The maximum absolute atomic E-state index is 11.9. The van der Waals surface area contributed by atoms with Gasteiger partial charge in [0.25, 0.3) is 0 Å². The summed E-state index contributed by atoms with van der Waals surface area (Å²) in [4.78, 5) is 20.8. The molecule has 1 saturated heterocycles. The highest BCUT2D eigenvalue weighted by molar-refractivity contribution is 6.18. The van der Waals surface area contributed by atoms with Gasteiger partial charge in [0, 0.05) is 43.9 Å². The normalized spacial score (nSPS) is 15.4. The van der Waals surface area contributed by atoms with Gasteiger partial charge < -0.3 is 9.80 Å². The summed E-state index contributed by atoms with van der Waals surface area (Å²) in [5, 5.41) is 1.20. The van der Waals surface area contributed by atoms with Crippen LogP contribution in [0.2, 0.25) is 0 Å². The van der Waals surface area contributed by atoms with Crippen molar-refractivity contribution < 1.29 is 4.79 Å². The molecule has 3 rings (SSSR count). The van der Waals surface area contributed by atoms with Gasteiger partial charge in [-0.3, -0.25) is 4.79 Å². The first kappa shape index (κ1) is 15.1. The predicted molar refractivity (Wildman–Crippen MR) is 90.6 cm³/mol. The molecule has 0 N–H and O–H groups in total. The molecule has 2 heterocycles. The molecule has 1 aromatic carbocycles. The topological polar surface area (TPSA) is 36.4 Å². The molecule has 0 saturated carbocycles. The smallest absolute Gasteiger partial charge is 0.223 e. The van der Waals surface area contributed by atoms with Crippen LogP contribution in [-0.2, 0) is 4.79 Å². The fraction of sp³-hybridized carbons (Fsp3) is 0.412. The first-order chi connectivity index (χ1) is 10.7. The Morgan fingerprint density at radius 3 is 2.68 bits per heavy atom. The minimum Gasteiger partial charge on any atom is -0.353 e. The molecule has 0 atom stereocenters. The maximum Gasteiger partial charge on any atom is 0.223 e. The third kappa shape index (κ3) is 3.02. The van der Waals surface area contributed by atoms with Crippen LogP contribution in [-0.4, -0.2) is 47.9 Å². The highest BCUT2D eigenvalue weighted by Gasteiger charge is 2.21. The van der Waals surface area contributed by atoms with E-state index in [-0.39, 0.29) is 5.91 Å². The minimum atomic E-state index is 0.150. The highest BCUT2D eigenvalue weighted by atomic mass is 35.5. The molecule has 0 spiro atoms. The van der Waals surface area contributed by atoms with Crippen LogP contribution in [0.4, 0.5) is 5.82 Å². The van der Waals surface area contributed by atoms with E-state index in [4.69, 9.17) is 16.6 Å². The zero-order chi connectivity index (χ0) is 15.5. The number of halogens is 1. The van der Waals surface area contributed by atoms with Crippen molar-refractivity contribution in [2.24, 2.45) is 0 Å². The van der Waals surface area contributed by atoms with Crippen LogP contribution in [0.3, 0.4) is 0 Å². The number of amides is 1. The van der Waals surface area contributed by atoms with Gasteiger partial charge in [-0.2, -0.15) is 0 Å². The van der Waals surface area contributed by atoms with E-state index in [1.54, 1.807) is 0 Å². The van der Waals surface area contributed by atoms with Gasteiger partial charge in [-0.05, 0) is 24.6 Å². The Kier molecular flexibility index (Phi) is 4.48. The summed E-state index contributed by atoms with van der Waals surface area (Å²) in [5.41, 5.74) is 2.26. The van der Waals surface area contributed by atoms with Crippen molar-refractivity contribution in [3.05, 3.63) is 35.9 Å². The second kappa shape index (κ2) is 6.53. The van der Waals surface area contributed by atoms with Gasteiger partial charge in [-0.25, -0.2) is 4.98 Å². The number of rotatable bonds is 3. The molecular formula is C17H20ClN3O. The average molecular weight is 318 g/mol. The van der Waals surface area contributed by atoms with Gasteiger partial charge in [0.2, 0.25) is 5.91 Å². The number of nitrogens with zero attached hydrogens (tertiary/aromatic N) is 3. The van der Waals surface area contributed by atoms with Gasteiger partial charge in [-0.1, -0.05) is 18.2 Å². The number of aryl methyl sites for hydroxylation is 1. The average Bonchev–Trinajstić information content (AvgIpc) is 2.55. The summed E-state index contributed by atoms with van der Waals surface area (Å²) in [6, 6.07) is 10.3. The lowest BCUT2D eigenvalue weighted by Crippen LogP contribution is -2.49. The van der Waals surface area contributed by atoms with Crippen LogP contribution >= 0.6 is 11.6 Å². The van der Waals surface area contributed by atoms with Gasteiger partial charge in [0.15, 0.2) is 0 Å². The maximum atomic E-state index is 11.9. The van der Waals surface area contributed by atoms with Crippen molar-refractivity contribution in [3.8, 4) is 0 Å². The standard InChI is InChI=1S/C17H20ClN3O/c1-13-12-16(19-15-5-3-2-4-14(13)15)20-8-10-21(11-9-20)17(22)6-7-18/h2-5,12H,6-11H2,1H3. The molecule has 1 aromatic heterocycles. The summed E-state index contributed by atoms with van der Waals surface area (Å²) in [6.07, 6.45) is 0.425. The first-order valence-electron chi connectivity index (χ1n) is 7.64. The van der Waals surface area contributed by atoms with Crippen LogP contribution in [0.25, 0.3) is 10.9 Å². The lowest BCUT2D eigenvalue weighted by Gasteiger charge is -2.35. The third-order valence-electron chi connectivity index (χ3n) is 4.17. The van der Waals surface area contributed by atoms with Crippen molar-refractivity contribution >= 4 is 34.2 Å². The summed E-state index contributed by atoms with van der Waals surface area (Å²) < 4.78 is 0. The fourth-order valence-electron chi connectivity index (χ4n) is 2.92. The monoisotopic (exact) mass is 317 g/mol. The molecule has 1 aliphatic heterocycles. The Hall–Kier alpha value is -1.81. The van der Waals surface area contributed by atoms with Gasteiger partial charge in [-0.15, -0.1) is 11.6 Å². The van der Waals surface area contributed by atoms with E-state index < -0.39 is 0 Å². The van der Waals surface area contributed by atoms with E-state index >= 15 is 0 Å². The largest absolute Gasteiger partial charge is 0.353 e. The molecular weight excluding hydrogens is 298 g/mol. The van der Waals surface area contributed by atoms with Crippen LogP contribution in [0.5, 0.6) is 0 Å². The first-order valence-corrected chi connectivity index (χ1v) is 8.17.